The number of hydrogen-bond acceptors (Lipinski definition) is 5. The van der Waals surface area contributed by atoms with Gasteiger partial charge in [0.05, 0.1) is 11.4 Å². The molecule has 3 rings (SSSR count). The van der Waals surface area contributed by atoms with Gasteiger partial charge in [-0.1, -0.05) is 45.8 Å². The molecule has 2 aromatic carbocycles. The van der Waals surface area contributed by atoms with Gasteiger partial charge >= 0.3 is 0 Å². The Balaban J connectivity index is 1.83. The summed E-state index contributed by atoms with van der Waals surface area (Å²) in [7, 11) is 0. The van der Waals surface area contributed by atoms with Crippen LogP contribution in [0.2, 0.25) is 0 Å². The molecule has 0 aliphatic rings. The fourth-order valence-corrected chi connectivity index (χ4v) is 3.20. The molecule has 4 nitrogen and oxygen atoms in total. The van der Waals surface area contributed by atoms with E-state index in [0.717, 1.165) is 21.4 Å². The number of aromatic nitrogens is 1. The number of hydrazone groups is 1. The van der Waals surface area contributed by atoms with E-state index in [1.54, 1.807) is 0 Å². The maximum atomic E-state index is 9.36. The third-order valence-electron chi connectivity index (χ3n) is 3.28. The quantitative estimate of drug-likeness (QED) is 0.485. The second-order valence-corrected chi connectivity index (χ2v) is 6.87. The van der Waals surface area contributed by atoms with Gasteiger partial charge in [0, 0.05) is 15.4 Å². The molecular formula is C18H13BrN4S. The van der Waals surface area contributed by atoms with Crippen molar-refractivity contribution < 1.29 is 0 Å². The lowest BCUT2D eigenvalue weighted by molar-refractivity contribution is 1.30. The highest BCUT2D eigenvalue weighted by Crippen LogP contribution is 2.25. The number of halogens is 1. The Morgan fingerprint density at radius 1 is 1.25 bits per heavy atom. The Kier molecular flexibility index (Phi) is 5.04. The van der Waals surface area contributed by atoms with Crippen molar-refractivity contribution in [2.24, 2.45) is 5.10 Å². The Morgan fingerprint density at radius 3 is 2.75 bits per heavy atom. The van der Waals surface area contributed by atoms with Crippen LogP contribution in [-0.4, -0.2) is 10.7 Å². The zero-order valence-corrected chi connectivity index (χ0v) is 15.2. The minimum atomic E-state index is 0.266. The first-order chi connectivity index (χ1) is 11.7. The lowest BCUT2D eigenvalue weighted by atomic mass is 10.2. The molecule has 6 heteroatoms. The number of nitrogens with zero attached hydrogens (tertiary/aromatic N) is 3. The number of nitrogens with one attached hydrogen (secondary N) is 1. The average molecular weight is 397 g/mol. The second kappa shape index (κ2) is 7.39. The first-order valence-corrected chi connectivity index (χ1v) is 8.85. The van der Waals surface area contributed by atoms with Crippen LogP contribution in [0.4, 0.5) is 5.69 Å². The van der Waals surface area contributed by atoms with Crippen LogP contribution in [0.25, 0.3) is 11.3 Å². The van der Waals surface area contributed by atoms with E-state index in [0.29, 0.717) is 5.01 Å². The molecule has 118 valence electrons. The molecule has 1 heterocycles. The van der Waals surface area contributed by atoms with Crippen LogP contribution >= 0.6 is 27.3 Å². The zero-order valence-electron chi connectivity index (χ0n) is 12.8. The number of aryl methyl sites for hydroxylation is 1. The van der Waals surface area contributed by atoms with E-state index in [2.05, 4.69) is 37.5 Å². The van der Waals surface area contributed by atoms with Crippen molar-refractivity contribution in [1.82, 2.24) is 4.98 Å². The molecule has 0 aliphatic heterocycles. The van der Waals surface area contributed by atoms with Gasteiger partial charge in [-0.25, -0.2) is 4.98 Å². The van der Waals surface area contributed by atoms with Crippen molar-refractivity contribution in [3.8, 4) is 17.3 Å². The van der Waals surface area contributed by atoms with E-state index in [1.807, 2.05) is 60.8 Å². The summed E-state index contributed by atoms with van der Waals surface area (Å²) in [6, 6.07) is 17.8. The van der Waals surface area contributed by atoms with Gasteiger partial charge in [-0.3, -0.25) is 5.43 Å². The van der Waals surface area contributed by atoms with Crippen molar-refractivity contribution in [2.75, 3.05) is 5.43 Å². The molecule has 0 atom stereocenters. The maximum Gasteiger partial charge on any atom is 0.196 e. The number of rotatable bonds is 4. The lowest BCUT2D eigenvalue weighted by Gasteiger charge is -2.01. The van der Waals surface area contributed by atoms with Gasteiger partial charge in [0.1, 0.15) is 6.07 Å². The van der Waals surface area contributed by atoms with Crippen LogP contribution in [0.15, 0.2) is 63.5 Å². The van der Waals surface area contributed by atoms with Gasteiger partial charge in [-0.2, -0.15) is 10.4 Å². The SMILES string of the molecule is Cc1ccc(NN=C(C#N)c2nc(-c3cccc(Br)c3)cs2)cc1. The van der Waals surface area contributed by atoms with Crippen LogP contribution in [-0.2, 0) is 0 Å². The summed E-state index contributed by atoms with van der Waals surface area (Å²) in [5, 5.41) is 16.1. The Hall–Kier alpha value is -2.49. The van der Waals surface area contributed by atoms with Gasteiger partial charge in [-0.15, -0.1) is 11.3 Å². The van der Waals surface area contributed by atoms with Gasteiger partial charge in [0.25, 0.3) is 0 Å². The largest absolute Gasteiger partial charge is 0.277 e. The van der Waals surface area contributed by atoms with E-state index >= 15 is 0 Å². The number of anilines is 1. The highest BCUT2D eigenvalue weighted by Gasteiger charge is 2.10. The van der Waals surface area contributed by atoms with E-state index in [9.17, 15) is 5.26 Å². The van der Waals surface area contributed by atoms with Crippen LogP contribution in [0.5, 0.6) is 0 Å². The van der Waals surface area contributed by atoms with Crippen LogP contribution in [0.3, 0.4) is 0 Å². The van der Waals surface area contributed by atoms with Crippen LogP contribution < -0.4 is 5.43 Å². The highest BCUT2D eigenvalue weighted by molar-refractivity contribution is 9.10. The van der Waals surface area contributed by atoms with Crippen molar-refractivity contribution in [3.05, 3.63) is 69.0 Å². The summed E-state index contributed by atoms with van der Waals surface area (Å²) in [4.78, 5) is 4.52. The van der Waals surface area contributed by atoms with Gasteiger partial charge in [-0.05, 0) is 31.2 Å². The number of thiazole rings is 1. The molecule has 0 spiro atoms. The first-order valence-electron chi connectivity index (χ1n) is 7.18. The minimum Gasteiger partial charge on any atom is -0.277 e. The first kappa shape index (κ1) is 16.4. The van der Waals surface area contributed by atoms with E-state index in [4.69, 9.17) is 0 Å². The summed E-state index contributed by atoms with van der Waals surface area (Å²) in [5.41, 5.74) is 6.99. The lowest BCUT2D eigenvalue weighted by Crippen LogP contribution is -2.01. The highest BCUT2D eigenvalue weighted by atomic mass is 79.9. The fourth-order valence-electron chi connectivity index (χ4n) is 2.03. The van der Waals surface area contributed by atoms with Gasteiger partial charge in [0.2, 0.25) is 0 Å². The van der Waals surface area contributed by atoms with E-state index in [-0.39, 0.29) is 5.71 Å². The smallest absolute Gasteiger partial charge is 0.196 e. The van der Waals surface area contributed by atoms with Gasteiger partial charge in [0.15, 0.2) is 10.7 Å². The summed E-state index contributed by atoms with van der Waals surface area (Å²) in [5.74, 6) is 0. The molecule has 0 saturated heterocycles. The average Bonchev–Trinajstić information content (AvgIpc) is 3.07. The molecule has 0 saturated carbocycles. The molecule has 0 bridgehead atoms. The predicted molar refractivity (Wildman–Crippen MR) is 102 cm³/mol. The summed E-state index contributed by atoms with van der Waals surface area (Å²) < 4.78 is 0.991. The topological polar surface area (TPSA) is 61.1 Å². The minimum absolute atomic E-state index is 0.266. The predicted octanol–water partition coefficient (Wildman–Crippen LogP) is 5.22. The van der Waals surface area contributed by atoms with E-state index in [1.165, 1.54) is 16.9 Å². The molecule has 0 radical (unpaired) electrons. The normalized spacial score (nSPS) is 11.1. The second-order valence-electron chi connectivity index (χ2n) is 5.10. The van der Waals surface area contributed by atoms with Crippen molar-refractivity contribution in [3.63, 3.8) is 0 Å². The number of nitriles is 1. The molecule has 0 amide bonds. The van der Waals surface area contributed by atoms with Crippen LogP contribution in [0, 0.1) is 18.3 Å². The Labute approximate surface area is 152 Å². The van der Waals surface area contributed by atoms with Crippen molar-refractivity contribution in [2.45, 2.75) is 6.92 Å². The standard InChI is InChI=1S/C18H13BrN4S/c1-12-5-7-15(8-6-12)22-23-16(10-20)18-21-17(11-24-18)13-3-2-4-14(19)9-13/h2-9,11,22H,1H3. The number of hydrogen-bond donors (Lipinski definition) is 1. The molecule has 1 N–H and O–H groups in total. The third-order valence-corrected chi connectivity index (χ3v) is 4.62. The fraction of sp³-hybridized carbons (Fsp3) is 0.0556. The summed E-state index contributed by atoms with van der Waals surface area (Å²) in [6.45, 7) is 2.02. The Bertz CT molecular complexity index is 923. The molecule has 0 aliphatic carbocycles. The maximum absolute atomic E-state index is 9.36. The monoisotopic (exact) mass is 396 g/mol. The van der Waals surface area contributed by atoms with Crippen molar-refractivity contribution >= 4 is 38.7 Å². The van der Waals surface area contributed by atoms with Gasteiger partial charge < -0.3 is 0 Å². The molecule has 0 unspecified atom stereocenters. The number of benzene rings is 2. The summed E-state index contributed by atoms with van der Waals surface area (Å²) >= 11 is 4.85. The zero-order chi connectivity index (χ0) is 16.9. The molecule has 24 heavy (non-hydrogen) atoms. The van der Waals surface area contributed by atoms with Crippen molar-refractivity contribution in [1.29, 1.82) is 5.26 Å². The molecular weight excluding hydrogens is 384 g/mol. The van der Waals surface area contributed by atoms with Crippen LogP contribution in [0.1, 0.15) is 10.6 Å². The third kappa shape index (κ3) is 3.88. The molecule has 3 aromatic rings. The molecule has 0 fully saturated rings. The Morgan fingerprint density at radius 2 is 2.04 bits per heavy atom. The van der Waals surface area contributed by atoms with E-state index < -0.39 is 0 Å². The summed E-state index contributed by atoms with van der Waals surface area (Å²) in [6.07, 6.45) is 0. The molecule has 1 aromatic heterocycles.